The van der Waals surface area contributed by atoms with Gasteiger partial charge in [-0.05, 0) is 57.1 Å². The van der Waals surface area contributed by atoms with E-state index in [0.29, 0.717) is 5.92 Å². The maximum Gasteiger partial charge on any atom is 0.266 e. The lowest BCUT2D eigenvalue weighted by Crippen LogP contribution is -2.43. The molecule has 0 spiro atoms. The molecule has 1 atom stereocenters. The Hall–Kier alpha value is -2.31. The van der Waals surface area contributed by atoms with Crippen molar-refractivity contribution in [3.05, 3.63) is 23.9 Å². The average molecular weight is 374 g/mol. The smallest absolute Gasteiger partial charge is 0.266 e. The van der Waals surface area contributed by atoms with Crippen LogP contribution >= 0.6 is 0 Å². The summed E-state index contributed by atoms with van der Waals surface area (Å²) in [6.45, 7) is 7.56. The fraction of sp³-hybridized carbons (Fsp3) is 0.650. The van der Waals surface area contributed by atoms with Gasteiger partial charge in [0.25, 0.3) is 5.91 Å². The number of anilines is 1. The maximum atomic E-state index is 12.5. The van der Waals surface area contributed by atoms with E-state index in [4.69, 9.17) is 10.6 Å². The minimum absolute atomic E-state index is 0.0258. The summed E-state index contributed by atoms with van der Waals surface area (Å²) in [6.07, 6.45) is 6.84. The van der Waals surface area contributed by atoms with E-state index >= 15 is 0 Å². The van der Waals surface area contributed by atoms with Gasteiger partial charge in [-0.25, -0.2) is 4.98 Å². The average Bonchev–Trinajstić information content (AvgIpc) is 2.72. The molecular formula is C20H31N5O2. The van der Waals surface area contributed by atoms with Crippen molar-refractivity contribution < 1.29 is 9.63 Å². The molecule has 0 aromatic carbocycles. The number of amides is 1. The molecule has 0 saturated carbocycles. The third-order valence-corrected chi connectivity index (χ3v) is 5.47. The molecule has 7 nitrogen and oxygen atoms in total. The first-order chi connectivity index (χ1) is 13.0. The highest BCUT2D eigenvalue weighted by molar-refractivity contribution is 5.97. The summed E-state index contributed by atoms with van der Waals surface area (Å²) in [5, 5.41) is 4.01. The second-order valence-electron chi connectivity index (χ2n) is 7.68. The number of hydrogen-bond acceptors (Lipinski definition) is 5. The van der Waals surface area contributed by atoms with E-state index in [1.807, 2.05) is 17.0 Å². The van der Waals surface area contributed by atoms with Crippen molar-refractivity contribution in [3.8, 4) is 0 Å². The number of nitrogens with zero attached hydrogens (tertiary/aromatic N) is 4. The summed E-state index contributed by atoms with van der Waals surface area (Å²) in [5.41, 5.74) is 6.85. The van der Waals surface area contributed by atoms with E-state index in [1.54, 1.807) is 13.1 Å². The van der Waals surface area contributed by atoms with E-state index < -0.39 is 6.10 Å². The number of oxime groups is 1. The molecule has 1 aromatic heterocycles. The highest BCUT2D eigenvalue weighted by atomic mass is 16.6. The molecule has 2 fully saturated rings. The summed E-state index contributed by atoms with van der Waals surface area (Å²) in [4.78, 5) is 26.5. The molecule has 1 amide bonds. The predicted molar refractivity (Wildman–Crippen MR) is 107 cm³/mol. The Kier molecular flexibility index (Phi) is 6.53. The summed E-state index contributed by atoms with van der Waals surface area (Å²) in [7, 11) is 0. The fourth-order valence-electron chi connectivity index (χ4n) is 3.59. The Bertz CT molecular complexity index is 664. The standard InChI is InChI=1S/C20H31N5O2/c1-15-7-12-25(13-8-15)20(26)16(2)27-23-19(21)17-6-9-22-18(14-17)24-10-4-3-5-11-24/h6,9,14-16H,3-5,7-8,10-13H2,1-2H3,(H2,21,23). The van der Waals surface area contributed by atoms with Crippen LogP contribution in [0.2, 0.25) is 0 Å². The number of rotatable bonds is 5. The number of piperidine rings is 2. The first kappa shape index (κ1) is 19.5. The zero-order chi connectivity index (χ0) is 19.2. The number of pyridine rings is 1. The van der Waals surface area contributed by atoms with Gasteiger partial charge in [-0.2, -0.15) is 0 Å². The van der Waals surface area contributed by atoms with Gasteiger partial charge in [0.1, 0.15) is 5.82 Å². The van der Waals surface area contributed by atoms with E-state index in [2.05, 4.69) is 22.0 Å². The van der Waals surface area contributed by atoms with Crippen LogP contribution in [0, 0.1) is 5.92 Å². The highest BCUT2D eigenvalue weighted by Gasteiger charge is 2.25. The van der Waals surface area contributed by atoms with Crippen molar-refractivity contribution in [2.24, 2.45) is 16.8 Å². The van der Waals surface area contributed by atoms with Gasteiger partial charge >= 0.3 is 0 Å². The van der Waals surface area contributed by atoms with Crippen molar-refractivity contribution >= 4 is 17.6 Å². The Morgan fingerprint density at radius 1 is 1.26 bits per heavy atom. The second kappa shape index (κ2) is 9.06. The molecule has 3 rings (SSSR count). The molecule has 2 aliphatic rings. The van der Waals surface area contributed by atoms with Gasteiger partial charge in [0.05, 0.1) is 0 Å². The number of amidine groups is 1. The van der Waals surface area contributed by atoms with E-state index in [1.165, 1.54) is 19.3 Å². The van der Waals surface area contributed by atoms with E-state index in [9.17, 15) is 4.79 Å². The molecular weight excluding hydrogens is 342 g/mol. The van der Waals surface area contributed by atoms with Crippen molar-refractivity contribution in [2.75, 3.05) is 31.1 Å². The molecule has 1 unspecified atom stereocenters. The summed E-state index contributed by atoms with van der Waals surface area (Å²) >= 11 is 0. The van der Waals surface area contributed by atoms with E-state index in [-0.39, 0.29) is 11.7 Å². The van der Waals surface area contributed by atoms with Crippen LogP contribution in [0.4, 0.5) is 5.82 Å². The SMILES string of the molecule is CC1CCN(C(=O)C(C)ON=C(N)c2ccnc(N3CCCCC3)c2)CC1. The molecule has 27 heavy (non-hydrogen) atoms. The lowest BCUT2D eigenvalue weighted by atomic mass is 9.99. The molecule has 0 aliphatic carbocycles. The topological polar surface area (TPSA) is 84.0 Å². The third kappa shape index (κ3) is 5.11. The summed E-state index contributed by atoms with van der Waals surface area (Å²) in [5.74, 6) is 1.83. The van der Waals surface area contributed by atoms with Crippen LogP contribution in [0.3, 0.4) is 0 Å². The normalized spacial score (nSPS) is 20.4. The van der Waals surface area contributed by atoms with Crippen LogP contribution in [0.15, 0.2) is 23.5 Å². The number of nitrogens with two attached hydrogens (primary N) is 1. The van der Waals surface area contributed by atoms with Crippen LogP contribution in [0.5, 0.6) is 0 Å². The van der Waals surface area contributed by atoms with Crippen LogP contribution in [-0.4, -0.2) is 53.9 Å². The number of aromatic nitrogens is 1. The summed E-state index contributed by atoms with van der Waals surface area (Å²) < 4.78 is 0. The van der Waals surface area contributed by atoms with Crippen LogP contribution in [0.1, 0.15) is 51.5 Å². The van der Waals surface area contributed by atoms with Gasteiger partial charge in [0.2, 0.25) is 6.10 Å². The van der Waals surface area contributed by atoms with Crippen molar-refractivity contribution in [3.63, 3.8) is 0 Å². The minimum Gasteiger partial charge on any atom is -0.381 e. The van der Waals surface area contributed by atoms with Crippen molar-refractivity contribution in [1.82, 2.24) is 9.88 Å². The quantitative estimate of drug-likeness (QED) is 0.487. The molecule has 0 radical (unpaired) electrons. The third-order valence-electron chi connectivity index (χ3n) is 5.47. The Morgan fingerprint density at radius 2 is 1.96 bits per heavy atom. The fourth-order valence-corrected chi connectivity index (χ4v) is 3.59. The van der Waals surface area contributed by atoms with Gasteiger partial charge in [0.15, 0.2) is 5.84 Å². The van der Waals surface area contributed by atoms with Gasteiger partial charge in [-0.15, -0.1) is 0 Å². The van der Waals surface area contributed by atoms with Crippen LogP contribution in [-0.2, 0) is 9.63 Å². The summed E-state index contributed by atoms with van der Waals surface area (Å²) in [6, 6.07) is 3.75. The van der Waals surface area contributed by atoms with Crippen LogP contribution < -0.4 is 10.6 Å². The monoisotopic (exact) mass is 373 g/mol. The Morgan fingerprint density at radius 3 is 2.67 bits per heavy atom. The number of hydrogen-bond donors (Lipinski definition) is 1. The second-order valence-corrected chi connectivity index (χ2v) is 7.68. The zero-order valence-electron chi connectivity index (χ0n) is 16.4. The lowest BCUT2D eigenvalue weighted by molar-refractivity contribution is -0.143. The zero-order valence-corrected chi connectivity index (χ0v) is 16.4. The van der Waals surface area contributed by atoms with Crippen LogP contribution in [0.25, 0.3) is 0 Å². The van der Waals surface area contributed by atoms with Gasteiger partial charge < -0.3 is 20.4 Å². The lowest BCUT2D eigenvalue weighted by Gasteiger charge is -2.31. The maximum absolute atomic E-state index is 12.5. The molecule has 1 aromatic rings. The van der Waals surface area contributed by atoms with Crippen molar-refractivity contribution in [1.29, 1.82) is 0 Å². The molecule has 2 aliphatic heterocycles. The molecule has 2 N–H and O–H groups in total. The van der Waals surface area contributed by atoms with Crippen molar-refractivity contribution in [2.45, 2.75) is 52.1 Å². The van der Waals surface area contributed by atoms with E-state index in [0.717, 1.165) is 50.4 Å². The Labute approximate surface area is 161 Å². The first-order valence-corrected chi connectivity index (χ1v) is 10.0. The number of carbonyl (C=O) groups is 1. The first-order valence-electron chi connectivity index (χ1n) is 10.0. The number of carbonyl (C=O) groups excluding carboxylic acids is 1. The van der Waals surface area contributed by atoms with Gasteiger partial charge in [-0.3, -0.25) is 4.79 Å². The predicted octanol–water partition coefficient (Wildman–Crippen LogP) is 2.36. The minimum atomic E-state index is -0.639. The highest BCUT2D eigenvalue weighted by Crippen LogP contribution is 2.19. The molecule has 2 saturated heterocycles. The number of likely N-dealkylation sites (tertiary alicyclic amines) is 1. The Balaban J connectivity index is 1.59. The van der Waals surface area contributed by atoms with Gasteiger partial charge in [0, 0.05) is 37.9 Å². The largest absolute Gasteiger partial charge is 0.381 e. The molecule has 0 bridgehead atoms. The molecule has 3 heterocycles. The molecule has 148 valence electrons. The van der Waals surface area contributed by atoms with Gasteiger partial charge in [-0.1, -0.05) is 12.1 Å². The molecule has 7 heteroatoms.